The number of methoxy groups -OCH3 is 1. The minimum atomic E-state index is -0.168. The van der Waals surface area contributed by atoms with Gasteiger partial charge < -0.3 is 15.4 Å². The van der Waals surface area contributed by atoms with Gasteiger partial charge in [0.25, 0.3) is 11.8 Å². The number of hydrogen-bond donors (Lipinski definition) is 2. The van der Waals surface area contributed by atoms with E-state index >= 15 is 0 Å². The van der Waals surface area contributed by atoms with Crippen LogP contribution in [-0.4, -0.2) is 38.6 Å². The number of ether oxygens (including phenoxy) is 1. The average Bonchev–Trinajstić information content (AvgIpc) is 2.47. The van der Waals surface area contributed by atoms with Gasteiger partial charge in [-0.1, -0.05) is 13.8 Å². The van der Waals surface area contributed by atoms with Crippen LogP contribution < -0.4 is 10.6 Å². The third-order valence-corrected chi connectivity index (χ3v) is 3.01. The highest BCUT2D eigenvalue weighted by atomic mass is 16.5. The first-order valence-electron chi connectivity index (χ1n) is 7.20. The Bertz CT molecular complexity index is 455. The van der Waals surface area contributed by atoms with Gasteiger partial charge >= 0.3 is 0 Å². The molecule has 1 aromatic rings. The van der Waals surface area contributed by atoms with Gasteiger partial charge in [0.15, 0.2) is 0 Å². The molecule has 21 heavy (non-hydrogen) atoms. The normalized spacial score (nSPS) is 10.5. The monoisotopic (exact) mass is 292 g/mol. The maximum atomic E-state index is 11.9. The zero-order valence-corrected chi connectivity index (χ0v) is 12.9. The van der Waals surface area contributed by atoms with Crippen LogP contribution >= 0.6 is 0 Å². The van der Waals surface area contributed by atoms with Crippen LogP contribution in [0.5, 0.6) is 0 Å². The van der Waals surface area contributed by atoms with E-state index in [-0.39, 0.29) is 11.8 Å². The first-order valence-corrected chi connectivity index (χ1v) is 7.20. The number of rotatable bonds is 8. The number of benzene rings is 1. The van der Waals surface area contributed by atoms with Gasteiger partial charge in [-0.2, -0.15) is 0 Å². The second-order valence-corrected chi connectivity index (χ2v) is 5.26. The quantitative estimate of drug-likeness (QED) is 0.718. The number of hydrogen-bond acceptors (Lipinski definition) is 3. The number of carbonyl (C=O) groups excluding carboxylic acids is 2. The molecule has 0 heterocycles. The van der Waals surface area contributed by atoms with Gasteiger partial charge in [-0.25, -0.2) is 0 Å². The van der Waals surface area contributed by atoms with Gasteiger partial charge in [0, 0.05) is 31.3 Å². The van der Waals surface area contributed by atoms with Crippen molar-refractivity contribution in [3.8, 4) is 0 Å². The van der Waals surface area contributed by atoms with E-state index in [0.29, 0.717) is 36.7 Å². The van der Waals surface area contributed by atoms with E-state index in [2.05, 4.69) is 24.5 Å². The first-order chi connectivity index (χ1) is 10.0. The van der Waals surface area contributed by atoms with E-state index in [4.69, 9.17) is 4.74 Å². The first kappa shape index (κ1) is 17.2. The second-order valence-electron chi connectivity index (χ2n) is 5.26. The fourth-order valence-electron chi connectivity index (χ4n) is 1.72. The highest BCUT2D eigenvalue weighted by Gasteiger charge is 2.08. The fourth-order valence-corrected chi connectivity index (χ4v) is 1.72. The van der Waals surface area contributed by atoms with Crippen molar-refractivity contribution in [1.29, 1.82) is 0 Å². The Morgan fingerprint density at radius 3 is 1.90 bits per heavy atom. The lowest BCUT2D eigenvalue weighted by molar-refractivity contribution is 0.0930. The lowest BCUT2D eigenvalue weighted by Crippen LogP contribution is -2.27. The zero-order valence-electron chi connectivity index (χ0n) is 12.9. The Labute approximate surface area is 126 Å². The SMILES string of the molecule is COCCNC(=O)c1ccc(C(=O)NCCC(C)C)cc1. The minimum Gasteiger partial charge on any atom is -0.383 e. The molecular formula is C16H24N2O3. The van der Waals surface area contributed by atoms with E-state index in [0.717, 1.165) is 6.42 Å². The molecule has 5 heteroatoms. The van der Waals surface area contributed by atoms with Gasteiger partial charge in [-0.05, 0) is 36.6 Å². The standard InChI is InChI=1S/C16H24N2O3/c1-12(2)8-9-17-15(19)13-4-6-14(7-5-13)16(20)18-10-11-21-3/h4-7,12H,8-11H2,1-3H3,(H,17,19)(H,18,20). The molecule has 0 aliphatic rings. The molecule has 0 fully saturated rings. The maximum Gasteiger partial charge on any atom is 0.251 e. The van der Waals surface area contributed by atoms with Crippen molar-refractivity contribution in [2.75, 3.05) is 26.8 Å². The minimum absolute atomic E-state index is 0.109. The third-order valence-electron chi connectivity index (χ3n) is 3.01. The fraction of sp³-hybridized carbons (Fsp3) is 0.500. The predicted molar refractivity (Wildman–Crippen MR) is 82.4 cm³/mol. The van der Waals surface area contributed by atoms with Crippen molar-refractivity contribution in [3.63, 3.8) is 0 Å². The van der Waals surface area contributed by atoms with E-state index in [1.165, 1.54) is 0 Å². The van der Waals surface area contributed by atoms with Gasteiger partial charge in [0.05, 0.1) is 6.61 Å². The van der Waals surface area contributed by atoms with Crippen molar-refractivity contribution in [2.45, 2.75) is 20.3 Å². The van der Waals surface area contributed by atoms with Crippen molar-refractivity contribution in [1.82, 2.24) is 10.6 Å². The Morgan fingerprint density at radius 1 is 1.00 bits per heavy atom. The van der Waals surface area contributed by atoms with E-state index in [1.807, 2.05) is 0 Å². The summed E-state index contributed by atoms with van der Waals surface area (Å²) in [5.74, 6) is 0.282. The maximum absolute atomic E-state index is 11.9. The molecular weight excluding hydrogens is 268 g/mol. The van der Waals surface area contributed by atoms with E-state index in [9.17, 15) is 9.59 Å². The van der Waals surface area contributed by atoms with Crippen LogP contribution in [0.2, 0.25) is 0 Å². The summed E-state index contributed by atoms with van der Waals surface area (Å²) in [4.78, 5) is 23.7. The Kier molecular flexibility index (Phi) is 7.46. The van der Waals surface area contributed by atoms with Crippen LogP contribution in [0.15, 0.2) is 24.3 Å². The molecule has 0 aliphatic heterocycles. The molecule has 2 amide bonds. The van der Waals surface area contributed by atoms with E-state index in [1.54, 1.807) is 31.4 Å². The van der Waals surface area contributed by atoms with Crippen LogP contribution in [0.25, 0.3) is 0 Å². The Morgan fingerprint density at radius 2 is 1.48 bits per heavy atom. The van der Waals surface area contributed by atoms with Crippen molar-refractivity contribution in [3.05, 3.63) is 35.4 Å². The van der Waals surface area contributed by atoms with Gasteiger partial charge in [-0.15, -0.1) is 0 Å². The molecule has 0 bridgehead atoms. The number of nitrogens with one attached hydrogen (secondary N) is 2. The Balaban J connectivity index is 2.49. The molecule has 0 saturated carbocycles. The van der Waals surface area contributed by atoms with Crippen LogP contribution in [0.3, 0.4) is 0 Å². The summed E-state index contributed by atoms with van der Waals surface area (Å²) in [6.45, 7) is 5.83. The van der Waals surface area contributed by atoms with Gasteiger partial charge in [0.1, 0.15) is 0 Å². The molecule has 0 unspecified atom stereocenters. The molecule has 0 radical (unpaired) electrons. The number of carbonyl (C=O) groups is 2. The summed E-state index contributed by atoms with van der Waals surface area (Å²) >= 11 is 0. The van der Waals surface area contributed by atoms with Crippen LogP contribution in [-0.2, 0) is 4.74 Å². The average molecular weight is 292 g/mol. The summed E-state index contributed by atoms with van der Waals surface area (Å²) < 4.78 is 4.87. The molecule has 2 N–H and O–H groups in total. The summed E-state index contributed by atoms with van der Waals surface area (Å²) in [6.07, 6.45) is 0.950. The second kappa shape index (κ2) is 9.13. The number of amides is 2. The predicted octanol–water partition coefficient (Wildman–Crippen LogP) is 1.84. The van der Waals surface area contributed by atoms with Gasteiger partial charge in [-0.3, -0.25) is 9.59 Å². The Hall–Kier alpha value is -1.88. The van der Waals surface area contributed by atoms with Crippen LogP contribution in [0.1, 0.15) is 41.0 Å². The van der Waals surface area contributed by atoms with Gasteiger partial charge in [0.2, 0.25) is 0 Å². The molecule has 0 spiro atoms. The molecule has 1 aromatic carbocycles. The largest absolute Gasteiger partial charge is 0.383 e. The molecule has 0 saturated heterocycles. The molecule has 5 nitrogen and oxygen atoms in total. The summed E-state index contributed by atoms with van der Waals surface area (Å²) in [7, 11) is 1.58. The van der Waals surface area contributed by atoms with Crippen LogP contribution in [0, 0.1) is 5.92 Å². The lowest BCUT2D eigenvalue weighted by Gasteiger charge is -2.08. The molecule has 0 aromatic heterocycles. The highest BCUT2D eigenvalue weighted by molar-refractivity contribution is 5.97. The molecule has 0 aliphatic carbocycles. The topological polar surface area (TPSA) is 67.4 Å². The molecule has 116 valence electrons. The lowest BCUT2D eigenvalue weighted by atomic mass is 10.1. The zero-order chi connectivity index (χ0) is 15.7. The summed E-state index contributed by atoms with van der Waals surface area (Å²) in [5.41, 5.74) is 1.09. The molecule has 0 atom stereocenters. The van der Waals surface area contributed by atoms with Crippen LogP contribution in [0.4, 0.5) is 0 Å². The molecule has 1 rings (SSSR count). The van der Waals surface area contributed by atoms with E-state index < -0.39 is 0 Å². The van der Waals surface area contributed by atoms with Crippen molar-refractivity contribution >= 4 is 11.8 Å². The summed E-state index contributed by atoms with van der Waals surface area (Å²) in [6, 6.07) is 6.63. The smallest absolute Gasteiger partial charge is 0.251 e. The third kappa shape index (κ3) is 6.40. The highest BCUT2D eigenvalue weighted by Crippen LogP contribution is 2.05. The van der Waals surface area contributed by atoms with Crippen molar-refractivity contribution < 1.29 is 14.3 Å². The summed E-state index contributed by atoms with van der Waals surface area (Å²) in [5, 5.41) is 5.60. The van der Waals surface area contributed by atoms with Crippen molar-refractivity contribution in [2.24, 2.45) is 5.92 Å².